The molecule has 0 fully saturated rings. The van der Waals surface area contributed by atoms with Crippen LogP contribution in [-0.2, 0) is 18.2 Å². The third-order valence-electron chi connectivity index (χ3n) is 19.1. The Labute approximate surface area is 580 Å². The normalized spacial score (nSPS) is 13.4. The summed E-state index contributed by atoms with van der Waals surface area (Å²) in [6.45, 7) is 0. The van der Waals surface area contributed by atoms with Gasteiger partial charge in [-0.2, -0.15) is 0 Å². The van der Waals surface area contributed by atoms with Gasteiger partial charge < -0.3 is 4.74 Å². The average molecular weight is 1290 g/mol. The van der Waals surface area contributed by atoms with Crippen molar-refractivity contribution in [3.05, 3.63) is 380 Å². The van der Waals surface area contributed by atoms with Crippen LogP contribution in [0, 0.1) is 0 Å². The molecule has 0 N–H and O–H groups in total. The van der Waals surface area contributed by atoms with Crippen molar-refractivity contribution in [1.82, 2.24) is 33.9 Å². The minimum absolute atomic E-state index is 0.105. The molecule has 4 aromatic heterocycles. The first-order valence-electron chi connectivity index (χ1n) is 35.3. The molecule has 8 nitrogen and oxygen atoms in total. The maximum absolute atomic E-state index is 12.2. The van der Waals surface area contributed by atoms with Gasteiger partial charge in [-0.3, -0.25) is 8.97 Å². The number of benzene rings is 13. The number of hydrogen-bond acceptors (Lipinski definition) is 6. The van der Waals surface area contributed by atoms with E-state index in [2.05, 4.69) is 124 Å². The van der Waals surface area contributed by atoms with E-state index in [-0.39, 0.29) is 39.7 Å². The molecular weight excluding hydrogens is 1220 g/mol. The lowest BCUT2D eigenvalue weighted by Gasteiger charge is -2.44. The number of rotatable bonds is 15. The zero-order valence-electron chi connectivity index (χ0n) is 57.6. The van der Waals surface area contributed by atoms with Crippen LogP contribution in [0.4, 0.5) is 0 Å². The van der Waals surface area contributed by atoms with Crippen LogP contribution < -0.4 is 25.5 Å². The second kappa shape index (κ2) is 24.8. The van der Waals surface area contributed by atoms with E-state index in [1.54, 1.807) is 0 Å². The van der Waals surface area contributed by atoms with E-state index < -0.39 is 26.2 Å². The molecule has 0 amide bonds. The molecule has 0 spiro atoms. The molecular formula is C90H63N7OSi. The minimum atomic E-state index is -3.94. The first kappa shape index (κ1) is 54.5. The van der Waals surface area contributed by atoms with Crippen molar-refractivity contribution in [2.24, 2.45) is 0 Å². The maximum Gasteiger partial charge on any atom is 0.220 e. The number of nitrogens with zero attached hydrogens (tertiary/aromatic N) is 7. The van der Waals surface area contributed by atoms with Gasteiger partial charge in [0.1, 0.15) is 11.5 Å². The molecule has 9 heteroatoms. The first-order chi connectivity index (χ1) is 50.6. The molecule has 13 aromatic carbocycles. The number of para-hydroxylation sites is 6. The zero-order chi connectivity index (χ0) is 69.3. The van der Waals surface area contributed by atoms with Gasteiger partial charge in [0.25, 0.3) is 0 Å². The zero-order valence-corrected chi connectivity index (χ0v) is 54.6. The lowest BCUT2D eigenvalue weighted by molar-refractivity contribution is 0.384. The Bertz CT molecular complexity index is 5810. The molecule has 1 aliphatic heterocycles. The standard InChI is InChI=1S/C90H63N7OSi/c1-9-33-62(34-10-1)82-75(91-84(64-37-13-3-14-38-64)86(94-82)66-41-17-5-18-42-66)60-90(61-76-83(63-35-11-2-12-36-63)95-87(67-43-19-6-20-44-67)85(92-76)65-39-15-4-16-40-65)72-51-25-30-57-80(72)98-88-73(90)52-32-58-81(88)99(69-46-21-7-22-47-69,70-48-23-8-24-49-70)71-50-31-45-68(59-71)96-78-55-28-29-56-79(78)97-77-54-27-26-53-74(77)93-89(96)97/h1-59H,60-61H2/i60D2,61D2. The lowest BCUT2D eigenvalue weighted by Crippen LogP contribution is -2.75. The van der Waals surface area contributed by atoms with Crippen LogP contribution in [0.3, 0.4) is 0 Å². The van der Waals surface area contributed by atoms with Gasteiger partial charge in [-0.25, -0.2) is 24.9 Å². The van der Waals surface area contributed by atoms with Gasteiger partial charge >= 0.3 is 0 Å². The summed E-state index contributed by atoms with van der Waals surface area (Å²) in [7, 11) is -3.94. The van der Waals surface area contributed by atoms with Crippen molar-refractivity contribution >= 4 is 56.7 Å². The van der Waals surface area contributed by atoms with E-state index in [9.17, 15) is 5.48 Å². The third kappa shape index (κ3) is 10.1. The summed E-state index contributed by atoms with van der Waals surface area (Å²) >= 11 is 0. The van der Waals surface area contributed by atoms with Gasteiger partial charge in [-0.1, -0.05) is 315 Å². The van der Waals surface area contributed by atoms with Crippen molar-refractivity contribution in [3.8, 4) is 84.7 Å². The molecule has 0 bridgehead atoms. The molecule has 0 saturated heterocycles. The fraction of sp³-hybridized carbons (Fsp3) is 0.0333. The summed E-state index contributed by atoms with van der Waals surface area (Å²) in [5, 5.41) is 3.73. The molecule has 1 aliphatic rings. The largest absolute Gasteiger partial charge is 0.457 e. The topological polar surface area (TPSA) is 83.0 Å². The highest BCUT2D eigenvalue weighted by molar-refractivity contribution is 7.20. The highest BCUT2D eigenvalue weighted by atomic mass is 28.3. The van der Waals surface area contributed by atoms with E-state index in [0.29, 0.717) is 50.8 Å². The quantitative estimate of drug-likeness (QED) is 0.0751. The predicted octanol–water partition coefficient (Wildman–Crippen LogP) is 18.3. The van der Waals surface area contributed by atoms with Crippen molar-refractivity contribution < 1.29 is 10.2 Å². The fourth-order valence-corrected chi connectivity index (χ4v) is 19.6. The van der Waals surface area contributed by atoms with E-state index in [1.807, 2.05) is 243 Å². The number of fused-ring (bicyclic) bond motifs is 7. The molecule has 0 aliphatic carbocycles. The first-order valence-corrected chi connectivity index (χ1v) is 35.3. The maximum atomic E-state index is 12.2. The lowest BCUT2D eigenvalue weighted by atomic mass is 9.66. The predicted molar refractivity (Wildman–Crippen MR) is 405 cm³/mol. The SMILES string of the molecule is [2H]C([2H])(c1nc(-c2ccccc2)c(-c2ccccc2)nc1-c1ccccc1)C1(C([2H])([2H])c2nc(-c3ccccc3)c(-c3ccccc3)nc2-c2ccccc2)c2ccccc2Oc2c1cccc2[Si](c1ccccc1)(c1ccccc1)c1cccc(-n2c3ccccc3n3c4ccccc4nc23)c1. The van der Waals surface area contributed by atoms with Crippen LogP contribution in [0.5, 0.6) is 11.5 Å². The summed E-state index contributed by atoms with van der Waals surface area (Å²) < 4.78 is 61.1. The van der Waals surface area contributed by atoms with Gasteiger partial charge in [0, 0.05) is 73.8 Å². The average Bonchev–Trinajstić information content (AvgIpc) is 1.31. The summed E-state index contributed by atoms with van der Waals surface area (Å²) in [6, 6.07) is 118. The molecule has 0 unspecified atom stereocenters. The van der Waals surface area contributed by atoms with Crippen LogP contribution in [0.2, 0.25) is 0 Å². The molecule has 5 heterocycles. The van der Waals surface area contributed by atoms with Gasteiger partial charge in [-0.15, -0.1) is 0 Å². The Morgan fingerprint density at radius 2 is 0.707 bits per heavy atom. The Balaban J connectivity index is 1.01. The molecule has 0 atom stereocenters. The summed E-state index contributed by atoms with van der Waals surface area (Å²) in [5.41, 5.74) is 8.81. The number of ether oxygens (including phenoxy) is 1. The number of imidazole rings is 2. The molecule has 0 radical (unpaired) electrons. The van der Waals surface area contributed by atoms with Crippen molar-refractivity contribution in [1.29, 1.82) is 0 Å². The Morgan fingerprint density at radius 1 is 0.323 bits per heavy atom. The van der Waals surface area contributed by atoms with E-state index in [4.69, 9.17) is 29.7 Å². The number of aromatic nitrogens is 7. The smallest absolute Gasteiger partial charge is 0.220 e. The summed E-state index contributed by atoms with van der Waals surface area (Å²) in [5.74, 6) is 1.30. The highest BCUT2D eigenvalue weighted by Gasteiger charge is 2.50. The van der Waals surface area contributed by atoms with Crippen LogP contribution in [0.15, 0.2) is 358 Å². The van der Waals surface area contributed by atoms with Gasteiger partial charge in [0.15, 0.2) is 8.07 Å². The molecule has 18 rings (SSSR count). The highest BCUT2D eigenvalue weighted by Crippen LogP contribution is 2.53. The van der Waals surface area contributed by atoms with E-state index in [0.717, 1.165) is 65.4 Å². The molecule has 468 valence electrons. The van der Waals surface area contributed by atoms with E-state index >= 15 is 0 Å². The Kier molecular flexibility index (Phi) is 13.7. The van der Waals surface area contributed by atoms with Crippen LogP contribution >= 0.6 is 0 Å². The van der Waals surface area contributed by atoms with Crippen molar-refractivity contribution in [2.45, 2.75) is 18.2 Å². The summed E-state index contributed by atoms with van der Waals surface area (Å²) in [4.78, 5) is 28.2. The van der Waals surface area contributed by atoms with Crippen LogP contribution in [0.25, 0.3) is 101 Å². The van der Waals surface area contributed by atoms with Gasteiger partial charge in [-0.05, 0) is 63.2 Å². The van der Waals surface area contributed by atoms with Gasteiger partial charge in [0.05, 0.1) is 67.6 Å². The van der Waals surface area contributed by atoms with Crippen molar-refractivity contribution in [2.75, 3.05) is 0 Å². The Morgan fingerprint density at radius 3 is 1.21 bits per heavy atom. The number of hydrogen-bond donors (Lipinski definition) is 0. The summed E-state index contributed by atoms with van der Waals surface area (Å²) in [6.07, 6.45) is -5.95. The monoisotopic (exact) mass is 1290 g/mol. The minimum Gasteiger partial charge on any atom is -0.457 e. The van der Waals surface area contributed by atoms with Crippen LogP contribution in [0.1, 0.15) is 28.0 Å². The second-order valence-corrected chi connectivity index (χ2v) is 28.6. The van der Waals surface area contributed by atoms with Crippen LogP contribution in [-0.4, -0.2) is 42.0 Å². The van der Waals surface area contributed by atoms with Crippen molar-refractivity contribution in [3.63, 3.8) is 0 Å². The second-order valence-electron chi connectivity index (χ2n) is 24.8. The van der Waals surface area contributed by atoms with E-state index in [1.165, 1.54) is 0 Å². The van der Waals surface area contributed by atoms with Gasteiger partial charge in [0.2, 0.25) is 5.78 Å². The molecule has 17 aromatic rings. The Hall–Kier alpha value is -12.7. The molecule has 0 saturated carbocycles. The third-order valence-corrected chi connectivity index (χ3v) is 23.8. The fourth-order valence-electron chi connectivity index (χ4n) is 14.7. The molecule has 99 heavy (non-hydrogen) atoms.